The molecule has 13 nitrogen and oxygen atoms in total. The molecule has 3 saturated heterocycles. The number of carbonyl (C=O) groups excluding carboxylic acids is 1. The van der Waals surface area contributed by atoms with Crippen LogP contribution in [0.5, 0.6) is 0 Å². The summed E-state index contributed by atoms with van der Waals surface area (Å²) in [6.45, 7) is 17.3. The second kappa shape index (κ2) is 18.5. The van der Waals surface area contributed by atoms with Crippen molar-refractivity contribution in [2.24, 2.45) is 29.6 Å². The number of cyclic esters (lactones) is 1. The number of carbonyl (C=O) groups is 1. The number of hydrogen-bond acceptors (Lipinski definition) is 13. The van der Waals surface area contributed by atoms with Gasteiger partial charge in [-0.1, -0.05) is 33.6 Å². The summed E-state index contributed by atoms with van der Waals surface area (Å²) < 4.78 is 38.3. The van der Waals surface area contributed by atoms with Crippen molar-refractivity contribution >= 4 is 5.97 Å². The molecule has 3 aliphatic heterocycles. The minimum Gasteiger partial charge on any atom is -0.461 e. The molecule has 0 unspecified atom stereocenters. The zero-order chi connectivity index (χ0) is 39.6. The lowest BCUT2D eigenvalue weighted by Crippen LogP contribution is -2.60. The highest BCUT2D eigenvalue weighted by molar-refractivity contribution is 5.73. The highest BCUT2D eigenvalue weighted by Gasteiger charge is 2.52. The molecule has 0 aromatic heterocycles. The summed E-state index contributed by atoms with van der Waals surface area (Å²) in [4.78, 5) is 16.4. The molecule has 3 heterocycles. The summed E-state index contributed by atoms with van der Waals surface area (Å²) in [6, 6.07) is -0.538. The molecule has 4 rings (SSSR count). The Bertz CT molecular complexity index is 1160. The molecule has 0 amide bonds. The first-order valence-corrected chi connectivity index (χ1v) is 20.2. The van der Waals surface area contributed by atoms with E-state index in [9.17, 15) is 25.2 Å². The number of rotatable bonds is 7. The maximum atomic E-state index is 14.5. The normalized spacial score (nSPS) is 49.0. The summed E-state index contributed by atoms with van der Waals surface area (Å²) in [5.74, 6) is -2.30. The number of nitrogens with zero attached hydrogens (tertiary/aromatic N) is 1. The van der Waals surface area contributed by atoms with Crippen LogP contribution in [0.2, 0.25) is 0 Å². The Labute approximate surface area is 318 Å². The Kier molecular flexibility index (Phi) is 15.6. The quantitative estimate of drug-likeness (QED) is 0.241. The fourth-order valence-electron chi connectivity index (χ4n) is 9.62. The number of hydrogen-bond donors (Lipinski definition) is 5. The molecule has 13 heteroatoms. The Morgan fingerprint density at radius 2 is 1.53 bits per heavy atom. The van der Waals surface area contributed by atoms with Crippen molar-refractivity contribution in [1.29, 1.82) is 0 Å². The van der Waals surface area contributed by atoms with Crippen LogP contribution in [0, 0.1) is 29.6 Å². The standard InChI is InChI=1S/C40H74N2O11/c1-21-18-39(8,47)36(53-38-32(44)29(42(10)11)17-22(2)49-38)24(4)33(51-30-19-40(9,48-12)35(45)27(7)50-30)25(5)37(46)52-34(28-15-13-14-16-28)23(3)31(43)26(6)41-20-21/h21-36,38,41,43-45,47H,13-20H2,1-12H3/t21-,22-,23-,24+,25-,26-,27+,29+,30+,31+,32-,33+,34+,35+,36-,38+,39+,40-/m1/s1. The third-order valence-corrected chi connectivity index (χ3v) is 13.1. The van der Waals surface area contributed by atoms with Gasteiger partial charge in [0.05, 0.1) is 47.6 Å². The molecule has 0 aromatic rings. The Morgan fingerprint density at radius 1 is 0.887 bits per heavy atom. The monoisotopic (exact) mass is 759 g/mol. The van der Waals surface area contributed by atoms with Gasteiger partial charge in [-0.15, -0.1) is 0 Å². The van der Waals surface area contributed by atoms with E-state index in [0.29, 0.717) is 19.4 Å². The van der Waals surface area contributed by atoms with Gasteiger partial charge in [0, 0.05) is 37.5 Å². The van der Waals surface area contributed by atoms with E-state index >= 15 is 0 Å². The predicted octanol–water partition coefficient (Wildman–Crippen LogP) is 3.22. The van der Waals surface area contributed by atoms with Crippen LogP contribution < -0.4 is 5.32 Å². The van der Waals surface area contributed by atoms with Crippen molar-refractivity contribution in [1.82, 2.24) is 10.2 Å². The van der Waals surface area contributed by atoms with E-state index < -0.39 is 84.3 Å². The van der Waals surface area contributed by atoms with Crippen LogP contribution in [-0.2, 0) is 33.2 Å². The molecule has 0 radical (unpaired) electrons. The highest BCUT2D eigenvalue weighted by Crippen LogP contribution is 2.41. The van der Waals surface area contributed by atoms with Crippen molar-refractivity contribution < 1.29 is 53.6 Å². The Hall–Kier alpha value is -0.970. The number of aliphatic hydroxyl groups is 4. The molecule has 5 N–H and O–H groups in total. The fourth-order valence-corrected chi connectivity index (χ4v) is 9.62. The SMILES string of the molecule is CO[C@]1(C)C[C@H](O[C@H]2[C@H](C)[C@@H](O[C@@H]3O[C@H](C)C[C@H](N(C)C)[C@H]3O)[C@@](C)(O)C[C@@H](C)CN[C@H](C)[C@@H](O)[C@@H](C)[C@@H](C3CCCC3)OC(=O)[C@@H]2C)O[C@@H](C)[C@@H]1O. The fraction of sp³-hybridized carbons (Fsp3) is 0.975. The van der Waals surface area contributed by atoms with Crippen molar-refractivity contribution in [2.75, 3.05) is 27.7 Å². The topological polar surface area (TPSA) is 169 Å². The first-order valence-electron chi connectivity index (χ1n) is 20.2. The van der Waals surface area contributed by atoms with Gasteiger partial charge in [-0.2, -0.15) is 0 Å². The molecule has 53 heavy (non-hydrogen) atoms. The van der Waals surface area contributed by atoms with Crippen LogP contribution in [0.25, 0.3) is 0 Å². The summed E-state index contributed by atoms with van der Waals surface area (Å²) in [5, 5.41) is 50.1. The number of methoxy groups -OCH3 is 1. The van der Waals surface area contributed by atoms with Gasteiger partial charge in [-0.25, -0.2) is 0 Å². The Morgan fingerprint density at radius 3 is 2.13 bits per heavy atom. The largest absolute Gasteiger partial charge is 0.461 e. The van der Waals surface area contributed by atoms with Crippen molar-refractivity contribution in [3.63, 3.8) is 0 Å². The molecule has 310 valence electrons. The number of esters is 1. The van der Waals surface area contributed by atoms with Crippen molar-refractivity contribution in [2.45, 2.75) is 192 Å². The molecule has 1 aliphatic carbocycles. The van der Waals surface area contributed by atoms with E-state index in [2.05, 4.69) is 5.32 Å². The zero-order valence-electron chi connectivity index (χ0n) is 34.6. The van der Waals surface area contributed by atoms with Gasteiger partial charge in [0.25, 0.3) is 0 Å². The van der Waals surface area contributed by atoms with Gasteiger partial charge >= 0.3 is 5.97 Å². The van der Waals surface area contributed by atoms with Crippen LogP contribution in [0.15, 0.2) is 0 Å². The molecular formula is C40H74N2O11. The third kappa shape index (κ3) is 10.5. The van der Waals surface area contributed by atoms with E-state index in [-0.39, 0.29) is 42.4 Å². The maximum absolute atomic E-state index is 14.5. The lowest BCUT2D eigenvalue weighted by molar-refractivity contribution is -0.317. The molecule has 0 spiro atoms. The summed E-state index contributed by atoms with van der Waals surface area (Å²) >= 11 is 0. The second-order valence-corrected chi connectivity index (χ2v) is 18.0. The molecule has 1 saturated carbocycles. The highest BCUT2D eigenvalue weighted by atomic mass is 16.7. The third-order valence-electron chi connectivity index (χ3n) is 13.1. The lowest BCUT2D eigenvalue weighted by atomic mass is 9.77. The van der Waals surface area contributed by atoms with E-state index in [0.717, 1.165) is 25.7 Å². The van der Waals surface area contributed by atoms with E-state index in [1.165, 1.54) is 0 Å². The first kappa shape index (κ1) is 44.7. The molecule has 18 atom stereocenters. The van der Waals surface area contributed by atoms with Gasteiger partial charge < -0.3 is 59.1 Å². The average Bonchev–Trinajstić information content (AvgIpc) is 3.63. The summed E-state index contributed by atoms with van der Waals surface area (Å²) in [6.07, 6.45) is -2.91. The van der Waals surface area contributed by atoms with E-state index in [4.69, 9.17) is 28.4 Å². The second-order valence-electron chi connectivity index (χ2n) is 18.0. The van der Waals surface area contributed by atoms with Crippen LogP contribution in [0.3, 0.4) is 0 Å². The van der Waals surface area contributed by atoms with Crippen LogP contribution >= 0.6 is 0 Å². The number of ether oxygens (including phenoxy) is 6. The molecule has 4 fully saturated rings. The van der Waals surface area contributed by atoms with E-state index in [1.54, 1.807) is 34.8 Å². The van der Waals surface area contributed by atoms with Crippen LogP contribution in [0.1, 0.15) is 107 Å². The average molecular weight is 759 g/mol. The molecular weight excluding hydrogens is 684 g/mol. The van der Waals surface area contributed by atoms with Gasteiger partial charge in [0.2, 0.25) is 0 Å². The smallest absolute Gasteiger partial charge is 0.311 e. The predicted molar refractivity (Wildman–Crippen MR) is 200 cm³/mol. The zero-order valence-corrected chi connectivity index (χ0v) is 34.6. The van der Waals surface area contributed by atoms with E-state index in [1.807, 2.05) is 53.6 Å². The van der Waals surface area contributed by atoms with Crippen LogP contribution in [-0.4, -0.2) is 144 Å². The number of aliphatic hydroxyl groups excluding tert-OH is 3. The van der Waals surface area contributed by atoms with Gasteiger partial charge in [0.1, 0.15) is 18.3 Å². The summed E-state index contributed by atoms with van der Waals surface area (Å²) in [7, 11) is 5.36. The molecule has 4 aliphatic rings. The Balaban J connectivity index is 1.79. The lowest BCUT2D eigenvalue weighted by Gasteiger charge is -2.48. The first-order chi connectivity index (χ1) is 24.7. The number of likely N-dealkylation sites (N-methyl/N-ethyl adjacent to an activating group) is 1. The van der Waals surface area contributed by atoms with Gasteiger partial charge in [-0.05, 0) is 99.7 Å². The van der Waals surface area contributed by atoms with Crippen molar-refractivity contribution in [3.8, 4) is 0 Å². The van der Waals surface area contributed by atoms with Crippen molar-refractivity contribution in [3.05, 3.63) is 0 Å². The van der Waals surface area contributed by atoms with Gasteiger partial charge in [-0.3, -0.25) is 4.79 Å². The maximum Gasteiger partial charge on any atom is 0.311 e. The number of nitrogens with one attached hydrogen (secondary N) is 1. The van der Waals surface area contributed by atoms with Crippen LogP contribution in [0.4, 0.5) is 0 Å². The molecule has 0 aromatic carbocycles. The minimum absolute atomic E-state index is 0.0595. The molecule has 0 bridgehead atoms. The minimum atomic E-state index is -1.50. The van der Waals surface area contributed by atoms with Gasteiger partial charge in [0.15, 0.2) is 12.6 Å². The summed E-state index contributed by atoms with van der Waals surface area (Å²) in [5.41, 5.74) is -2.48.